The molecule has 1 aliphatic carbocycles. The SMILES string of the molecule is O=C(OCc1ccccc1)N1C2CCC1CC(O)(C1CCCCC1)C2. The van der Waals surface area contributed by atoms with Gasteiger partial charge >= 0.3 is 6.09 Å². The van der Waals surface area contributed by atoms with Crippen molar-refractivity contribution in [1.82, 2.24) is 4.90 Å². The van der Waals surface area contributed by atoms with Crippen LogP contribution in [0, 0.1) is 5.92 Å². The van der Waals surface area contributed by atoms with Crippen molar-refractivity contribution in [3.8, 4) is 0 Å². The molecule has 2 saturated heterocycles. The Labute approximate surface area is 150 Å². The molecule has 0 spiro atoms. The molecule has 25 heavy (non-hydrogen) atoms. The molecular weight excluding hydrogens is 314 g/mol. The molecule has 1 aromatic rings. The zero-order valence-corrected chi connectivity index (χ0v) is 14.9. The Morgan fingerprint density at radius 3 is 2.32 bits per heavy atom. The number of fused-ring (bicyclic) bond motifs is 2. The first-order chi connectivity index (χ1) is 12.2. The summed E-state index contributed by atoms with van der Waals surface area (Å²) < 4.78 is 5.57. The van der Waals surface area contributed by atoms with Gasteiger partial charge in [-0.3, -0.25) is 0 Å². The molecule has 2 unspecified atom stereocenters. The molecule has 1 amide bonds. The Bertz CT molecular complexity index is 582. The maximum absolute atomic E-state index is 12.6. The van der Waals surface area contributed by atoms with Crippen LogP contribution in [0.1, 0.15) is 63.4 Å². The monoisotopic (exact) mass is 343 g/mol. The van der Waals surface area contributed by atoms with Crippen molar-refractivity contribution >= 4 is 6.09 Å². The minimum Gasteiger partial charge on any atom is -0.445 e. The second kappa shape index (κ2) is 6.99. The molecule has 4 nitrogen and oxygen atoms in total. The van der Waals surface area contributed by atoms with Crippen molar-refractivity contribution in [3.63, 3.8) is 0 Å². The van der Waals surface area contributed by atoms with Gasteiger partial charge in [-0.1, -0.05) is 49.6 Å². The second-order valence-electron chi connectivity index (χ2n) is 8.18. The van der Waals surface area contributed by atoms with Gasteiger partial charge in [0.2, 0.25) is 0 Å². The van der Waals surface area contributed by atoms with Crippen LogP contribution in [0.5, 0.6) is 0 Å². The van der Waals surface area contributed by atoms with E-state index in [1.54, 1.807) is 0 Å². The van der Waals surface area contributed by atoms with E-state index in [1.807, 2.05) is 35.2 Å². The number of hydrogen-bond donors (Lipinski definition) is 1. The third-order valence-corrected chi connectivity index (χ3v) is 6.58. The van der Waals surface area contributed by atoms with Gasteiger partial charge in [-0.15, -0.1) is 0 Å². The number of rotatable bonds is 3. The van der Waals surface area contributed by atoms with Crippen molar-refractivity contribution in [2.24, 2.45) is 5.92 Å². The highest BCUT2D eigenvalue weighted by Gasteiger charge is 2.52. The summed E-state index contributed by atoms with van der Waals surface area (Å²) in [5.41, 5.74) is 0.446. The Morgan fingerprint density at radius 1 is 1.04 bits per heavy atom. The highest BCUT2D eigenvalue weighted by molar-refractivity contribution is 5.69. The fraction of sp³-hybridized carbons (Fsp3) is 0.667. The fourth-order valence-electron chi connectivity index (χ4n) is 5.33. The largest absolute Gasteiger partial charge is 0.445 e. The van der Waals surface area contributed by atoms with E-state index in [0.29, 0.717) is 12.5 Å². The lowest BCUT2D eigenvalue weighted by Crippen LogP contribution is -2.56. The Balaban J connectivity index is 1.39. The molecule has 1 aromatic carbocycles. The van der Waals surface area contributed by atoms with E-state index >= 15 is 0 Å². The number of piperidine rings is 1. The lowest BCUT2D eigenvalue weighted by molar-refractivity contribution is -0.0957. The number of carbonyl (C=O) groups is 1. The van der Waals surface area contributed by atoms with E-state index in [2.05, 4.69) is 0 Å². The fourth-order valence-corrected chi connectivity index (χ4v) is 5.33. The van der Waals surface area contributed by atoms with Gasteiger partial charge in [0.15, 0.2) is 0 Å². The predicted octanol–water partition coefficient (Wildman–Crippen LogP) is 4.26. The summed E-state index contributed by atoms with van der Waals surface area (Å²) in [6.45, 7) is 0.322. The zero-order chi connectivity index (χ0) is 17.3. The smallest absolute Gasteiger partial charge is 0.410 e. The molecule has 4 heteroatoms. The number of carbonyl (C=O) groups excluding carboxylic acids is 1. The van der Waals surface area contributed by atoms with Gasteiger partial charge in [0, 0.05) is 12.1 Å². The van der Waals surface area contributed by atoms with E-state index in [0.717, 1.165) is 44.1 Å². The Kier molecular flexibility index (Phi) is 4.72. The van der Waals surface area contributed by atoms with Crippen LogP contribution in [0.2, 0.25) is 0 Å². The van der Waals surface area contributed by atoms with Crippen LogP contribution < -0.4 is 0 Å². The standard InChI is InChI=1S/C21H29NO3/c23-20(25-15-16-7-3-1-4-8-16)22-18-11-12-19(22)14-21(24,13-18)17-9-5-2-6-10-17/h1,3-4,7-8,17-19,24H,2,5-6,9-15H2. The number of ether oxygens (including phenoxy) is 1. The average Bonchev–Trinajstić information content (AvgIpc) is 2.93. The molecule has 2 heterocycles. The number of aliphatic hydroxyl groups is 1. The summed E-state index contributed by atoms with van der Waals surface area (Å²) in [6.07, 6.45) is 9.34. The molecule has 1 N–H and O–H groups in total. The van der Waals surface area contributed by atoms with Crippen LogP contribution in [0.15, 0.2) is 30.3 Å². The molecule has 2 aliphatic heterocycles. The zero-order valence-electron chi connectivity index (χ0n) is 14.9. The molecule has 0 aromatic heterocycles. The van der Waals surface area contributed by atoms with Crippen LogP contribution in [-0.4, -0.2) is 33.8 Å². The topological polar surface area (TPSA) is 49.8 Å². The first kappa shape index (κ1) is 16.9. The van der Waals surface area contributed by atoms with Crippen molar-refractivity contribution in [2.45, 2.75) is 82.1 Å². The van der Waals surface area contributed by atoms with Crippen molar-refractivity contribution in [1.29, 1.82) is 0 Å². The van der Waals surface area contributed by atoms with Gasteiger partial charge in [0.1, 0.15) is 6.61 Å². The lowest BCUT2D eigenvalue weighted by atomic mass is 9.70. The molecular formula is C21H29NO3. The highest BCUT2D eigenvalue weighted by Crippen LogP contribution is 2.47. The normalized spacial score (nSPS) is 32.6. The maximum Gasteiger partial charge on any atom is 0.410 e. The number of benzene rings is 1. The minimum absolute atomic E-state index is 0.147. The van der Waals surface area contributed by atoms with Gasteiger partial charge in [-0.2, -0.15) is 0 Å². The van der Waals surface area contributed by atoms with Gasteiger partial charge in [0.25, 0.3) is 0 Å². The number of nitrogens with zero attached hydrogens (tertiary/aromatic N) is 1. The second-order valence-corrected chi connectivity index (χ2v) is 8.18. The van der Waals surface area contributed by atoms with E-state index < -0.39 is 5.60 Å². The summed E-state index contributed by atoms with van der Waals surface area (Å²) in [5, 5.41) is 11.3. The van der Waals surface area contributed by atoms with Gasteiger partial charge in [-0.05, 0) is 50.0 Å². The third kappa shape index (κ3) is 3.41. The highest BCUT2D eigenvalue weighted by atomic mass is 16.6. The summed E-state index contributed by atoms with van der Waals surface area (Å²) in [6, 6.07) is 10.1. The molecule has 3 fully saturated rings. The summed E-state index contributed by atoms with van der Waals surface area (Å²) in [7, 11) is 0. The van der Waals surface area contributed by atoms with Crippen LogP contribution in [0.25, 0.3) is 0 Å². The van der Waals surface area contributed by atoms with Gasteiger partial charge < -0.3 is 14.7 Å². The van der Waals surface area contributed by atoms with Crippen LogP contribution in [0.4, 0.5) is 4.79 Å². The average molecular weight is 343 g/mol. The summed E-state index contributed by atoms with van der Waals surface area (Å²) in [5.74, 6) is 0.423. The third-order valence-electron chi connectivity index (χ3n) is 6.58. The molecule has 0 radical (unpaired) electrons. The van der Waals surface area contributed by atoms with Crippen LogP contribution in [-0.2, 0) is 11.3 Å². The van der Waals surface area contributed by atoms with E-state index in [4.69, 9.17) is 4.74 Å². The van der Waals surface area contributed by atoms with Gasteiger partial charge in [0.05, 0.1) is 5.60 Å². The summed E-state index contributed by atoms with van der Waals surface area (Å²) >= 11 is 0. The van der Waals surface area contributed by atoms with Crippen LogP contribution >= 0.6 is 0 Å². The van der Waals surface area contributed by atoms with E-state index in [9.17, 15) is 9.90 Å². The molecule has 4 rings (SSSR count). The molecule has 2 bridgehead atoms. The first-order valence-electron chi connectivity index (χ1n) is 9.87. The molecule has 2 atom stereocenters. The Hall–Kier alpha value is -1.55. The number of hydrogen-bond acceptors (Lipinski definition) is 3. The van der Waals surface area contributed by atoms with Crippen molar-refractivity contribution in [2.75, 3.05) is 0 Å². The van der Waals surface area contributed by atoms with Crippen LogP contribution in [0.3, 0.4) is 0 Å². The van der Waals surface area contributed by atoms with Gasteiger partial charge in [-0.25, -0.2) is 4.79 Å². The quantitative estimate of drug-likeness (QED) is 0.892. The van der Waals surface area contributed by atoms with Crippen molar-refractivity contribution < 1.29 is 14.6 Å². The molecule has 1 saturated carbocycles. The minimum atomic E-state index is -0.567. The predicted molar refractivity (Wildman–Crippen MR) is 96.0 cm³/mol. The van der Waals surface area contributed by atoms with E-state index in [-0.39, 0.29) is 18.2 Å². The lowest BCUT2D eigenvalue weighted by Gasteiger charge is -2.47. The summed E-state index contributed by atoms with van der Waals surface area (Å²) in [4.78, 5) is 14.6. The van der Waals surface area contributed by atoms with E-state index in [1.165, 1.54) is 19.3 Å². The maximum atomic E-state index is 12.6. The molecule has 3 aliphatic rings. The number of amides is 1. The Morgan fingerprint density at radius 2 is 1.68 bits per heavy atom. The molecule has 136 valence electrons. The first-order valence-corrected chi connectivity index (χ1v) is 9.87. The van der Waals surface area contributed by atoms with Crippen molar-refractivity contribution in [3.05, 3.63) is 35.9 Å².